The molecule has 0 aliphatic carbocycles. The Morgan fingerprint density at radius 2 is 1.69 bits per heavy atom. The van der Waals surface area contributed by atoms with E-state index < -0.39 is 0 Å². The number of rotatable bonds is 9. The van der Waals surface area contributed by atoms with Crippen molar-refractivity contribution >= 4 is 47.1 Å². The van der Waals surface area contributed by atoms with Crippen LogP contribution in [0.4, 0.5) is 0 Å². The second-order valence-electron chi connectivity index (χ2n) is 7.31. The number of halogens is 2. The fraction of sp³-hybridized carbons (Fsp3) is 0.120. The number of carbonyl (C=O) groups excluding carboxylic acids is 1. The Morgan fingerprint density at radius 1 is 1.00 bits per heavy atom. The number of nitrogens with one attached hydrogen (secondary N) is 1. The Bertz CT molecular complexity index is 1380. The third kappa shape index (κ3) is 6.17. The number of amides is 1. The molecule has 1 amide bonds. The summed E-state index contributed by atoms with van der Waals surface area (Å²) in [4.78, 5) is 12.5. The third-order valence-corrected chi connectivity index (χ3v) is 6.42. The van der Waals surface area contributed by atoms with Gasteiger partial charge in [0.25, 0.3) is 5.91 Å². The van der Waals surface area contributed by atoms with Crippen LogP contribution >= 0.6 is 35.0 Å². The van der Waals surface area contributed by atoms with Crippen LogP contribution in [0.2, 0.25) is 10.0 Å². The highest BCUT2D eigenvalue weighted by Gasteiger charge is 2.17. The van der Waals surface area contributed by atoms with Gasteiger partial charge >= 0.3 is 0 Å². The Kier molecular flexibility index (Phi) is 8.48. The Balaban J connectivity index is 1.49. The van der Waals surface area contributed by atoms with E-state index >= 15 is 0 Å². The molecule has 0 saturated heterocycles. The van der Waals surface area contributed by atoms with Gasteiger partial charge < -0.3 is 9.47 Å². The van der Waals surface area contributed by atoms with Crippen molar-refractivity contribution in [3.05, 3.63) is 82.3 Å². The SMILES string of the molecule is COc1ccc(/C=N/NC(=O)CSc2nnc(-c3ccc(Cl)cc3)n2-c2ccc(Cl)cc2)c(OC)c1. The number of methoxy groups -OCH3 is 2. The molecule has 36 heavy (non-hydrogen) atoms. The van der Waals surface area contributed by atoms with Crippen molar-refractivity contribution in [3.8, 4) is 28.6 Å². The lowest BCUT2D eigenvalue weighted by atomic mass is 10.2. The first kappa shape index (κ1) is 25.6. The first-order valence-corrected chi connectivity index (χ1v) is 12.4. The van der Waals surface area contributed by atoms with Crippen molar-refractivity contribution in [1.29, 1.82) is 0 Å². The molecule has 0 bridgehead atoms. The smallest absolute Gasteiger partial charge is 0.250 e. The van der Waals surface area contributed by atoms with Crippen LogP contribution in [0.1, 0.15) is 5.56 Å². The van der Waals surface area contributed by atoms with Gasteiger partial charge in [0.1, 0.15) is 11.5 Å². The van der Waals surface area contributed by atoms with E-state index in [1.807, 2.05) is 28.8 Å². The summed E-state index contributed by atoms with van der Waals surface area (Å²) in [5.74, 6) is 1.62. The predicted octanol–water partition coefficient (Wildman–Crippen LogP) is 5.50. The van der Waals surface area contributed by atoms with Gasteiger partial charge in [0.2, 0.25) is 0 Å². The topological polar surface area (TPSA) is 90.6 Å². The van der Waals surface area contributed by atoms with E-state index in [9.17, 15) is 4.79 Å². The summed E-state index contributed by atoms with van der Waals surface area (Å²) in [7, 11) is 3.13. The maximum atomic E-state index is 12.5. The predicted molar refractivity (Wildman–Crippen MR) is 143 cm³/mol. The van der Waals surface area contributed by atoms with Crippen LogP contribution in [0.5, 0.6) is 11.5 Å². The normalized spacial score (nSPS) is 11.0. The van der Waals surface area contributed by atoms with Gasteiger partial charge in [0, 0.05) is 32.9 Å². The van der Waals surface area contributed by atoms with Crippen molar-refractivity contribution in [2.45, 2.75) is 5.16 Å². The third-order valence-electron chi connectivity index (χ3n) is 4.99. The van der Waals surface area contributed by atoms with E-state index in [2.05, 4.69) is 20.7 Å². The van der Waals surface area contributed by atoms with Crippen LogP contribution in [-0.4, -0.2) is 46.9 Å². The zero-order valence-electron chi connectivity index (χ0n) is 19.3. The minimum Gasteiger partial charge on any atom is -0.497 e. The molecule has 0 fully saturated rings. The van der Waals surface area contributed by atoms with Crippen LogP contribution in [0, 0.1) is 0 Å². The van der Waals surface area contributed by atoms with Gasteiger partial charge in [-0.15, -0.1) is 10.2 Å². The summed E-state index contributed by atoms with van der Waals surface area (Å²) >= 11 is 13.4. The van der Waals surface area contributed by atoms with Gasteiger partial charge in [-0.2, -0.15) is 5.10 Å². The molecule has 4 rings (SSSR count). The molecule has 0 aliphatic heterocycles. The monoisotopic (exact) mass is 541 g/mol. The molecule has 3 aromatic carbocycles. The lowest BCUT2D eigenvalue weighted by Gasteiger charge is -2.10. The maximum absolute atomic E-state index is 12.5. The minimum atomic E-state index is -0.303. The summed E-state index contributed by atoms with van der Waals surface area (Å²) in [6.07, 6.45) is 1.51. The van der Waals surface area contributed by atoms with Crippen molar-refractivity contribution in [2.24, 2.45) is 5.10 Å². The molecule has 0 radical (unpaired) electrons. The van der Waals surface area contributed by atoms with Crippen LogP contribution in [0.15, 0.2) is 77.0 Å². The van der Waals surface area contributed by atoms with E-state index in [4.69, 9.17) is 32.7 Å². The number of thioether (sulfide) groups is 1. The largest absolute Gasteiger partial charge is 0.497 e. The lowest BCUT2D eigenvalue weighted by molar-refractivity contribution is -0.118. The summed E-state index contributed by atoms with van der Waals surface area (Å²) in [6, 6.07) is 19.9. The number of nitrogens with zero attached hydrogens (tertiary/aromatic N) is 4. The zero-order valence-corrected chi connectivity index (χ0v) is 21.6. The molecule has 1 heterocycles. The molecular formula is C25H21Cl2N5O3S. The number of ether oxygens (including phenoxy) is 2. The van der Waals surface area contributed by atoms with Gasteiger partial charge in [-0.1, -0.05) is 35.0 Å². The number of aromatic nitrogens is 3. The summed E-state index contributed by atoms with van der Waals surface area (Å²) in [5, 5.41) is 14.5. The van der Waals surface area contributed by atoms with Crippen LogP contribution < -0.4 is 14.9 Å². The molecule has 4 aromatic rings. The molecule has 1 N–H and O–H groups in total. The molecule has 11 heteroatoms. The van der Waals surface area contributed by atoms with Crippen molar-refractivity contribution < 1.29 is 14.3 Å². The molecule has 0 unspecified atom stereocenters. The Hall–Kier alpha value is -3.53. The van der Waals surface area contributed by atoms with Crippen molar-refractivity contribution in [2.75, 3.05) is 20.0 Å². The van der Waals surface area contributed by atoms with E-state index in [-0.39, 0.29) is 11.7 Å². The molecule has 0 aliphatic rings. The minimum absolute atomic E-state index is 0.0728. The fourth-order valence-electron chi connectivity index (χ4n) is 3.23. The Labute approximate surface area is 222 Å². The maximum Gasteiger partial charge on any atom is 0.250 e. The van der Waals surface area contributed by atoms with E-state index in [1.54, 1.807) is 56.7 Å². The number of benzene rings is 3. The fourth-order valence-corrected chi connectivity index (χ4v) is 4.23. The van der Waals surface area contributed by atoms with Crippen LogP contribution in [-0.2, 0) is 4.79 Å². The number of hydrogen-bond donors (Lipinski definition) is 1. The average molecular weight is 542 g/mol. The Morgan fingerprint density at radius 3 is 2.36 bits per heavy atom. The van der Waals surface area contributed by atoms with Crippen LogP contribution in [0.25, 0.3) is 17.1 Å². The van der Waals surface area contributed by atoms with Crippen molar-refractivity contribution in [1.82, 2.24) is 20.2 Å². The summed E-state index contributed by atoms with van der Waals surface area (Å²) in [5.41, 5.74) is 4.86. The molecule has 0 saturated carbocycles. The average Bonchev–Trinajstić information content (AvgIpc) is 3.32. The van der Waals surface area contributed by atoms with Gasteiger partial charge in [-0.25, -0.2) is 5.43 Å². The summed E-state index contributed by atoms with van der Waals surface area (Å²) < 4.78 is 12.4. The van der Waals surface area contributed by atoms with E-state index in [1.165, 1.54) is 18.0 Å². The van der Waals surface area contributed by atoms with Crippen molar-refractivity contribution in [3.63, 3.8) is 0 Å². The first-order chi connectivity index (χ1) is 17.5. The summed E-state index contributed by atoms with van der Waals surface area (Å²) in [6.45, 7) is 0. The van der Waals surface area contributed by atoms with Gasteiger partial charge in [0.05, 0.1) is 26.2 Å². The quantitative estimate of drug-likeness (QED) is 0.171. The van der Waals surface area contributed by atoms with Crippen LogP contribution in [0.3, 0.4) is 0 Å². The second-order valence-corrected chi connectivity index (χ2v) is 9.13. The van der Waals surface area contributed by atoms with Gasteiger partial charge in [0.15, 0.2) is 11.0 Å². The molecular weight excluding hydrogens is 521 g/mol. The van der Waals surface area contributed by atoms with E-state index in [0.717, 1.165) is 11.3 Å². The molecule has 8 nitrogen and oxygen atoms in total. The zero-order chi connectivity index (χ0) is 25.5. The van der Waals surface area contributed by atoms with E-state index in [0.29, 0.717) is 38.1 Å². The standard InChI is InChI=1S/C25H21Cl2N5O3S/c1-34-21-12-5-17(22(13-21)35-2)14-28-29-23(33)15-36-25-31-30-24(16-3-6-18(26)7-4-16)32(25)20-10-8-19(27)9-11-20/h3-14H,15H2,1-2H3,(H,29,33)/b28-14+. The highest BCUT2D eigenvalue weighted by molar-refractivity contribution is 7.99. The number of hydrogen-bond acceptors (Lipinski definition) is 7. The molecule has 0 atom stereocenters. The molecule has 1 aromatic heterocycles. The number of carbonyl (C=O) groups is 1. The highest BCUT2D eigenvalue weighted by Crippen LogP contribution is 2.29. The highest BCUT2D eigenvalue weighted by atomic mass is 35.5. The molecule has 0 spiro atoms. The van der Waals surface area contributed by atoms with Gasteiger partial charge in [-0.05, 0) is 60.7 Å². The number of hydrazone groups is 1. The second kappa shape index (κ2) is 11.9. The lowest BCUT2D eigenvalue weighted by Crippen LogP contribution is -2.20. The molecule has 184 valence electrons. The van der Waals surface area contributed by atoms with Gasteiger partial charge in [-0.3, -0.25) is 9.36 Å². The first-order valence-electron chi connectivity index (χ1n) is 10.6.